The Hall–Kier alpha value is -5.80. The van der Waals surface area contributed by atoms with Gasteiger partial charge >= 0.3 is 23.9 Å². The lowest BCUT2D eigenvalue weighted by molar-refractivity contribution is -0.139. The van der Waals surface area contributed by atoms with E-state index in [1.54, 1.807) is 97.9 Å². The monoisotopic (exact) mass is 684 g/mol. The molecule has 51 heavy (non-hydrogen) atoms. The summed E-state index contributed by atoms with van der Waals surface area (Å²) in [5.74, 6) is -1.14. The number of hydrogen-bond acceptors (Lipinski definition) is 9. The second-order valence-corrected chi connectivity index (χ2v) is 13.0. The molecule has 0 N–H and O–H groups in total. The third-order valence-electron chi connectivity index (χ3n) is 9.19. The third-order valence-corrected chi connectivity index (χ3v) is 9.19. The molecule has 1 heterocycles. The van der Waals surface area contributed by atoms with Crippen molar-refractivity contribution >= 4 is 45.4 Å². The van der Waals surface area contributed by atoms with E-state index in [2.05, 4.69) is 6.58 Å². The topological polar surface area (TPSA) is 118 Å². The fourth-order valence-electron chi connectivity index (χ4n) is 6.32. The Morgan fingerprint density at radius 1 is 0.706 bits per heavy atom. The van der Waals surface area contributed by atoms with Crippen LogP contribution in [0, 0.1) is 5.92 Å². The predicted molar refractivity (Wildman–Crippen MR) is 190 cm³/mol. The number of hydrogen-bond donors (Lipinski definition) is 0. The first-order valence-electron chi connectivity index (χ1n) is 17.0. The lowest BCUT2D eigenvalue weighted by Gasteiger charge is -2.17. The van der Waals surface area contributed by atoms with Crippen LogP contribution in [-0.4, -0.2) is 48.8 Å². The molecule has 1 saturated carbocycles. The molecular weight excluding hydrogens is 648 g/mol. The van der Waals surface area contributed by atoms with Gasteiger partial charge in [-0.15, -0.1) is 6.58 Å². The molecule has 0 aromatic heterocycles. The molecule has 0 spiro atoms. The van der Waals surface area contributed by atoms with Crippen molar-refractivity contribution in [2.75, 3.05) is 6.61 Å². The second-order valence-electron chi connectivity index (χ2n) is 13.0. The van der Waals surface area contributed by atoms with Crippen LogP contribution in [0.15, 0.2) is 110 Å². The van der Waals surface area contributed by atoms with Crippen LogP contribution < -0.4 is 9.47 Å². The van der Waals surface area contributed by atoms with Gasteiger partial charge in [-0.25, -0.2) is 14.4 Å². The van der Waals surface area contributed by atoms with Gasteiger partial charge in [-0.05, 0) is 120 Å². The first-order chi connectivity index (χ1) is 24.7. The van der Waals surface area contributed by atoms with Crippen LogP contribution in [0.2, 0.25) is 0 Å². The van der Waals surface area contributed by atoms with Crippen LogP contribution in [0.4, 0.5) is 0 Å². The van der Waals surface area contributed by atoms with Gasteiger partial charge in [-0.1, -0.05) is 42.5 Å². The molecule has 0 amide bonds. The maximum atomic E-state index is 12.9. The molecule has 1 aliphatic carbocycles. The predicted octanol–water partition coefficient (Wildman–Crippen LogP) is 7.82. The number of epoxide rings is 1. The number of allylic oxidation sites excluding steroid dienone is 1. The second kappa shape index (κ2) is 14.6. The van der Waals surface area contributed by atoms with Gasteiger partial charge in [0.1, 0.15) is 24.2 Å². The van der Waals surface area contributed by atoms with Crippen molar-refractivity contribution in [3.05, 3.63) is 132 Å². The maximum absolute atomic E-state index is 12.9. The van der Waals surface area contributed by atoms with Gasteiger partial charge in [0.2, 0.25) is 0 Å². The molecule has 1 aliphatic heterocycles. The molecule has 5 aromatic carbocycles. The smallest absolute Gasteiger partial charge is 0.343 e. The van der Waals surface area contributed by atoms with Crippen molar-refractivity contribution in [2.24, 2.45) is 5.92 Å². The Kier molecular flexibility index (Phi) is 9.63. The molecule has 4 unspecified atom stereocenters. The summed E-state index contributed by atoms with van der Waals surface area (Å²) < 4.78 is 27.7. The normalized spacial score (nSPS) is 18.3. The average molecular weight is 685 g/mol. The van der Waals surface area contributed by atoms with E-state index < -0.39 is 24.0 Å². The molecule has 0 bridgehead atoms. The van der Waals surface area contributed by atoms with E-state index in [1.165, 1.54) is 0 Å². The van der Waals surface area contributed by atoms with Gasteiger partial charge in [0.15, 0.2) is 0 Å². The number of carbonyl (C=O) groups excluding carboxylic acids is 4. The fourth-order valence-corrected chi connectivity index (χ4v) is 6.32. The SMILES string of the molecule is C=CCc1ccc(C(=O)Oc2ccc3cc(C(=O)OC(C)COC(=O)c4ccc5cc(OC(=O)C6CCC7OC7C6)ccc5c4)ccc3c2)cc1. The van der Waals surface area contributed by atoms with E-state index in [4.69, 9.17) is 23.7 Å². The molecule has 9 heteroatoms. The minimum absolute atomic E-state index is 0.134. The Labute approximate surface area is 294 Å². The summed E-state index contributed by atoms with van der Waals surface area (Å²) in [6.45, 7) is 5.23. The molecule has 7 rings (SSSR count). The highest BCUT2D eigenvalue weighted by molar-refractivity contribution is 5.97. The van der Waals surface area contributed by atoms with Gasteiger partial charge in [0.05, 0.1) is 34.8 Å². The van der Waals surface area contributed by atoms with E-state index in [9.17, 15) is 19.2 Å². The summed E-state index contributed by atoms with van der Waals surface area (Å²) in [5.41, 5.74) is 2.16. The minimum atomic E-state index is -0.705. The Balaban J connectivity index is 0.899. The number of fused-ring (bicyclic) bond motifs is 3. The van der Waals surface area contributed by atoms with Gasteiger partial charge < -0.3 is 23.7 Å². The molecule has 5 aromatic rings. The Morgan fingerprint density at radius 3 is 1.94 bits per heavy atom. The van der Waals surface area contributed by atoms with Crippen molar-refractivity contribution in [1.29, 1.82) is 0 Å². The zero-order valence-electron chi connectivity index (χ0n) is 28.0. The maximum Gasteiger partial charge on any atom is 0.343 e. The van der Waals surface area contributed by atoms with E-state index >= 15 is 0 Å². The van der Waals surface area contributed by atoms with E-state index in [0.717, 1.165) is 46.4 Å². The summed E-state index contributed by atoms with van der Waals surface area (Å²) in [6, 6.07) is 27.8. The third kappa shape index (κ3) is 8.00. The standard InChI is InChI=1S/C42H36O9/c1-3-4-26-5-7-27(8-6-26)40(44)49-35-16-14-29-20-33(12-10-31(29)21-35)41(45)48-25(2)24-47-39(43)32-11-9-30-22-36(17-13-28(30)19-32)50-42(46)34-15-18-37-38(23-34)51-37/h3,5-14,16-17,19-22,25,34,37-38H,1,4,15,18,23-24H2,2H3. The van der Waals surface area contributed by atoms with Gasteiger partial charge in [0, 0.05) is 0 Å². The average Bonchev–Trinajstić information content (AvgIpc) is 3.93. The van der Waals surface area contributed by atoms with Crippen LogP contribution in [0.5, 0.6) is 11.5 Å². The van der Waals surface area contributed by atoms with E-state index in [-0.39, 0.29) is 24.6 Å². The highest BCUT2D eigenvalue weighted by atomic mass is 16.6. The van der Waals surface area contributed by atoms with Crippen molar-refractivity contribution in [3.63, 3.8) is 0 Å². The van der Waals surface area contributed by atoms with Gasteiger partial charge in [0.25, 0.3) is 0 Å². The summed E-state index contributed by atoms with van der Waals surface area (Å²) in [7, 11) is 0. The lowest BCUT2D eigenvalue weighted by atomic mass is 9.89. The van der Waals surface area contributed by atoms with Gasteiger partial charge in [-0.3, -0.25) is 4.79 Å². The number of ether oxygens (including phenoxy) is 5. The number of esters is 4. The van der Waals surface area contributed by atoms with E-state index in [0.29, 0.717) is 40.7 Å². The molecule has 2 fully saturated rings. The quantitative estimate of drug-likeness (QED) is 0.0594. The first kappa shape index (κ1) is 33.7. The molecule has 2 aliphatic rings. The molecule has 258 valence electrons. The molecule has 4 atom stereocenters. The van der Waals surface area contributed by atoms with Crippen LogP contribution in [-0.2, 0) is 25.4 Å². The fraction of sp³-hybridized carbons (Fsp3) is 0.238. The van der Waals surface area contributed by atoms with Crippen LogP contribution in [0.25, 0.3) is 21.5 Å². The molecule has 9 nitrogen and oxygen atoms in total. The Bertz CT molecular complexity index is 2150. The van der Waals surface area contributed by atoms with Crippen molar-refractivity contribution in [3.8, 4) is 11.5 Å². The van der Waals surface area contributed by atoms with Crippen LogP contribution >= 0.6 is 0 Å². The largest absolute Gasteiger partial charge is 0.458 e. The highest BCUT2D eigenvalue weighted by Crippen LogP contribution is 2.40. The zero-order valence-corrected chi connectivity index (χ0v) is 28.0. The first-order valence-corrected chi connectivity index (χ1v) is 17.0. The number of rotatable bonds is 11. The summed E-state index contributed by atoms with van der Waals surface area (Å²) in [5, 5.41) is 3.13. The molecule has 0 radical (unpaired) electrons. The van der Waals surface area contributed by atoms with Crippen molar-refractivity contribution in [1.82, 2.24) is 0 Å². The van der Waals surface area contributed by atoms with E-state index in [1.807, 2.05) is 12.1 Å². The molecule has 1 saturated heterocycles. The minimum Gasteiger partial charge on any atom is -0.458 e. The van der Waals surface area contributed by atoms with Crippen LogP contribution in [0.3, 0.4) is 0 Å². The van der Waals surface area contributed by atoms with Crippen molar-refractivity contribution in [2.45, 2.75) is 50.9 Å². The van der Waals surface area contributed by atoms with Crippen LogP contribution in [0.1, 0.15) is 62.8 Å². The molecular formula is C42H36O9. The summed E-state index contributed by atoms with van der Waals surface area (Å²) in [4.78, 5) is 51.1. The summed E-state index contributed by atoms with van der Waals surface area (Å²) >= 11 is 0. The number of benzene rings is 5. The zero-order chi connectivity index (χ0) is 35.5. The summed E-state index contributed by atoms with van der Waals surface area (Å²) in [6.07, 6.45) is 4.70. The van der Waals surface area contributed by atoms with Crippen molar-refractivity contribution < 1.29 is 42.9 Å². The number of carbonyl (C=O) groups is 4. The Morgan fingerprint density at radius 2 is 1.29 bits per heavy atom. The highest BCUT2D eigenvalue weighted by Gasteiger charge is 2.46. The lowest BCUT2D eigenvalue weighted by Crippen LogP contribution is -2.25. The van der Waals surface area contributed by atoms with Gasteiger partial charge in [-0.2, -0.15) is 0 Å².